The summed E-state index contributed by atoms with van der Waals surface area (Å²) in [5, 5.41) is 17.0. The predicted molar refractivity (Wildman–Crippen MR) is 73.4 cm³/mol. The first-order valence-corrected chi connectivity index (χ1v) is 6.65. The van der Waals surface area contributed by atoms with Crippen LogP contribution >= 0.6 is 0 Å². The van der Waals surface area contributed by atoms with E-state index in [-0.39, 0.29) is 5.91 Å². The zero-order chi connectivity index (χ0) is 13.8. The number of aromatic nitrogens is 4. The van der Waals surface area contributed by atoms with Crippen molar-refractivity contribution in [3.63, 3.8) is 0 Å². The van der Waals surface area contributed by atoms with Crippen molar-refractivity contribution in [2.45, 2.75) is 12.8 Å². The van der Waals surface area contributed by atoms with Gasteiger partial charge in [-0.05, 0) is 60.0 Å². The number of hydrogen-bond acceptors (Lipinski definition) is 5. The summed E-state index contributed by atoms with van der Waals surface area (Å²) in [6.07, 6.45) is 4.09. The molecule has 1 aliphatic rings. The summed E-state index contributed by atoms with van der Waals surface area (Å²) in [5.41, 5.74) is 1.61. The van der Waals surface area contributed by atoms with Gasteiger partial charge in [0.15, 0.2) is 0 Å². The molecule has 7 heteroatoms. The number of tetrazole rings is 1. The van der Waals surface area contributed by atoms with E-state index in [9.17, 15) is 4.79 Å². The lowest BCUT2D eigenvalue weighted by Crippen LogP contribution is -2.29. The number of benzene rings is 1. The first-order chi connectivity index (χ1) is 9.81. The third-order valence-electron chi connectivity index (χ3n) is 3.18. The Kier molecular flexibility index (Phi) is 3.69. The van der Waals surface area contributed by atoms with Crippen molar-refractivity contribution in [1.82, 2.24) is 25.5 Å². The molecule has 20 heavy (non-hydrogen) atoms. The van der Waals surface area contributed by atoms with Gasteiger partial charge in [0.2, 0.25) is 5.91 Å². The van der Waals surface area contributed by atoms with Crippen molar-refractivity contribution >= 4 is 11.6 Å². The van der Waals surface area contributed by atoms with Crippen molar-refractivity contribution in [1.29, 1.82) is 0 Å². The second-order valence-electron chi connectivity index (χ2n) is 4.92. The topological polar surface area (TPSA) is 84.7 Å². The fourth-order valence-corrected chi connectivity index (χ4v) is 1.89. The van der Waals surface area contributed by atoms with Gasteiger partial charge in [-0.15, -0.1) is 5.10 Å². The van der Waals surface area contributed by atoms with Crippen LogP contribution in [-0.2, 0) is 4.79 Å². The van der Waals surface area contributed by atoms with Crippen molar-refractivity contribution in [3.8, 4) is 5.69 Å². The number of anilines is 1. The van der Waals surface area contributed by atoms with Gasteiger partial charge in [0, 0.05) is 5.69 Å². The molecule has 1 saturated carbocycles. The zero-order valence-electron chi connectivity index (χ0n) is 11.0. The third-order valence-corrected chi connectivity index (χ3v) is 3.18. The zero-order valence-corrected chi connectivity index (χ0v) is 11.0. The van der Waals surface area contributed by atoms with Gasteiger partial charge in [0.25, 0.3) is 0 Å². The highest BCUT2D eigenvalue weighted by atomic mass is 16.1. The highest BCUT2D eigenvalue weighted by Crippen LogP contribution is 2.27. The molecular weight excluding hydrogens is 256 g/mol. The minimum absolute atomic E-state index is 0.0270. The van der Waals surface area contributed by atoms with Gasteiger partial charge < -0.3 is 10.6 Å². The maximum absolute atomic E-state index is 11.7. The fraction of sp³-hybridized carbons (Fsp3) is 0.385. The summed E-state index contributed by atoms with van der Waals surface area (Å²) >= 11 is 0. The van der Waals surface area contributed by atoms with Crippen molar-refractivity contribution < 1.29 is 4.79 Å². The fourth-order valence-electron chi connectivity index (χ4n) is 1.89. The van der Waals surface area contributed by atoms with Gasteiger partial charge in [0.05, 0.1) is 12.2 Å². The molecule has 1 aromatic heterocycles. The highest BCUT2D eigenvalue weighted by Gasteiger charge is 2.20. The maximum atomic E-state index is 11.7. The molecular formula is C13H16N6O. The van der Waals surface area contributed by atoms with E-state index in [1.54, 1.807) is 4.68 Å². The Balaban J connectivity index is 1.50. The minimum Gasteiger partial charge on any atom is -0.325 e. The predicted octanol–water partition coefficient (Wildman–Crippen LogP) is 0.600. The molecule has 1 amide bonds. The smallest absolute Gasteiger partial charge is 0.238 e. The molecule has 0 atom stereocenters. The number of carbonyl (C=O) groups is 1. The van der Waals surface area contributed by atoms with Gasteiger partial charge in [-0.25, -0.2) is 4.68 Å². The number of hydrogen-bond donors (Lipinski definition) is 2. The summed E-state index contributed by atoms with van der Waals surface area (Å²) in [4.78, 5) is 11.7. The molecule has 3 rings (SSSR count). The third kappa shape index (κ3) is 3.39. The van der Waals surface area contributed by atoms with E-state index < -0.39 is 0 Å². The molecule has 2 N–H and O–H groups in total. The summed E-state index contributed by atoms with van der Waals surface area (Å²) in [6, 6.07) is 7.36. The average Bonchev–Trinajstić information content (AvgIpc) is 3.11. The maximum Gasteiger partial charge on any atom is 0.238 e. The normalized spacial score (nSPS) is 14.2. The highest BCUT2D eigenvalue weighted by molar-refractivity contribution is 5.92. The Labute approximate surface area is 116 Å². The van der Waals surface area contributed by atoms with Crippen LogP contribution in [0.15, 0.2) is 30.6 Å². The van der Waals surface area contributed by atoms with Crippen LogP contribution in [0.5, 0.6) is 0 Å². The first-order valence-electron chi connectivity index (χ1n) is 6.65. The van der Waals surface area contributed by atoms with E-state index >= 15 is 0 Å². The molecule has 1 aliphatic carbocycles. The molecule has 0 bridgehead atoms. The van der Waals surface area contributed by atoms with Gasteiger partial charge in [-0.3, -0.25) is 4.79 Å². The molecule has 0 aliphatic heterocycles. The molecule has 1 heterocycles. The molecule has 7 nitrogen and oxygen atoms in total. The van der Waals surface area contributed by atoms with Crippen LogP contribution in [0.1, 0.15) is 12.8 Å². The summed E-state index contributed by atoms with van der Waals surface area (Å²) in [7, 11) is 0. The van der Waals surface area contributed by atoms with Crippen molar-refractivity contribution in [2.24, 2.45) is 5.92 Å². The van der Waals surface area contributed by atoms with E-state index in [0.29, 0.717) is 6.54 Å². The molecule has 0 spiro atoms. The molecule has 0 saturated heterocycles. The van der Waals surface area contributed by atoms with Crippen LogP contribution in [0.25, 0.3) is 5.69 Å². The van der Waals surface area contributed by atoms with E-state index in [1.165, 1.54) is 19.2 Å². The van der Waals surface area contributed by atoms with Crippen LogP contribution in [-0.4, -0.2) is 39.2 Å². The molecule has 0 unspecified atom stereocenters. The molecule has 104 valence electrons. The Bertz CT molecular complexity index is 561. The minimum atomic E-state index is -0.0270. The van der Waals surface area contributed by atoms with E-state index in [0.717, 1.165) is 23.8 Å². The number of rotatable bonds is 6. The van der Waals surface area contributed by atoms with E-state index in [4.69, 9.17) is 0 Å². The standard InChI is InChI=1S/C13H16N6O/c20-13(8-14-7-10-1-2-10)16-11-3-5-12(6-4-11)19-9-15-17-18-19/h3-6,9-10,14H,1-2,7-8H2,(H,16,20). The van der Waals surface area contributed by atoms with Crippen LogP contribution in [0.2, 0.25) is 0 Å². The Hall–Kier alpha value is -2.28. The SMILES string of the molecule is O=C(CNCC1CC1)Nc1ccc(-n2cnnn2)cc1. The molecule has 0 radical (unpaired) electrons. The van der Waals surface area contributed by atoms with Gasteiger partial charge >= 0.3 is 0 Å². The number of carbonyl (C=O) groups excluding carboxylic acids is 1. The van der Waals surface area contributed by atoms with Crippen LogP contribution in [0.3, 0.4) is 0 Å². The number of nitrogens with one attached hydrogen (secondary N) is 2. The monoisotopic (exact) mass is 272 g/mol. The van der Waals surface area contributed by atoms with Gasteiger partial charge in [-0.1, -0.05) is 0 Å². The Morgan fingerprint density at radius 1 is 1.30 bits per heavy atom. The molecule has 1 fully saturated rings. The lowest BCUT2D eigenvalue weighted by molar-refractivity contribution is -0.115. The largest absolute Gasteiger partial charge is 0.325 e. The summed E-state index contributed by atoms with van der Waals surface area (Å²) in [5.74, 6) is 0.749. The van der Waals surface area contributed by atoms with E-state index in [2.05, 4.69) is 26.2 Å². The molecule has 1 aromatic carbocycles. The molecule has 2 aromatic rings. The Morgan fingerprint density at radius 2 is 2.10 bits per heavy atom. The lowest BCUT2D eigenvalue weighted by atomic mass is 10.3. The summed E-state index contributed by atoms with van der Waals surface area (Å²) < 4.78 is 1.56. The van der Waals surface area contributed by atoms with Crippen molar-refractivity contribution in [3.05, 3.63) is 30.6 Å². The number of amides is 1. The Morgan fingerprint density at radius 3 is 2.75 bits per heavy atom. The quantitative estimate of drug-likeness (QED) is 0.804. The summed E-state index contributed by atoms with van der Waals surface area (Å²) in [6.45, 7) is 1.29. The van der Waals surface area contributed by atoms with Crippen LogP contribution in [0, 0.1) is 5.92 Å². The van der Waals surface area contributed by atoms with Crippen LogP contribution < -0.4 is 10.6 Å². The first kappa shape index (κ1) is 12.7. The van der Waals surface area contributed by atoms with E-state index in [1.807, 2.05) is 24.3 Å². The average molecular weight is 272 g/mol. The second kappa shape index (κ2) is 5.79. The van der Waals surface area contributed by atoms with Gasteiger partial charge in [0.1, 0.15) is 6.33 Å². The lowest BCUT2D eigenvalue weighted by Gasteiger charge is -2.07. The number of nitrogens with zero attached hydrogens (tertiary/aromatic N) is 4. The van der Waals surface area contributed by atoms with Crippen LogP contribution in [0.4, 0.5) is 5.69 Å². The van der Waals surface area contributed by atoms with Gasteiger partial charge in [-0.2, -0.15) is 0 Å². The second-order valence-corrected chi connectivity index (χ2v) is 4.92. The van der Waals surface area contributed by atoms with Crippen molar-refractivity contribution in [2.75, 3.05) is 18.4 Å².